The SMILES string of the molecule is N#Cc1sc(NC(=O)c2cnc(-c3ccccc3F)s2)nc1Cl. The quantitative estimate of drug-likeness (QED) is 0.756. The van der Waals surface area contributed by atoms with Crippen LogP contribution in [0, 0.1) is 17.1 Å². The smallest absolute Gasteiger partial charge is 0.269 e. The fourth-order valence-electron chi connectivity index (χ4n) is 1.72. The number of rotatable bonds is 3. The van der Waals surface area contributed by atoms with Gasteiger partial charge in [0.1, 0.15) is 26.6 Å². The molecule has 3 aromatic rings. The zero-order chi connectivity index (χ0) is 16.4. The molecular formula is C14H6ClFN4OS2. The van der Waals surface area contributed by atoms with Gasteiger partial charge in [-0.2, -0.15) is 5.26 Å². The Morgan fingerprint density at radius 3 is 2.83 bits per heavy atom. The first-order valence-corrected chi connectivity index (χ1v) is 8.18. The first-order chi connectivity index (χ1) is 11.1. The molecule has 1 amide bonds. The monoisotopic (exact) mass is 364 g/mol. The van der Waals surface area contributed by atoms with Crippen molar-refractivity contribution in [2.45, 2.75) is 0 Å². The van der Waals surface area contributed by atoms with Crippen LogP contribution in [0.4, 0.5) is 9.52 Å². The Morgan fingerprint density at radius 1 is 1.35 bits per heavy atom. The van der Waals surface area contributed by atoms with Gasteiger partial charge in [0.15, 0.2) is 10.3 Å². The highest BCUT2D eigenvalue weighted by Gasteiger charge is 2.16. The van der Waals surface area contributed by atoms with Gasteiger partial charge in [0.2, 0.25) is 0 Å². The molecule has 0 spiro atoms. The largest absolute Gasteiger partial charge is 0.297 e. The Kier molecular flexibility index (Phi) is 4.34. The van der Waals surface area contributed by atoms with E-state index in [1.54, 1.807) is 18.2 Å². The predicted octanol–water partition coefficient (Wildman–Crippen LogP) is 4.18. The van der Waals surface area contributed by atoms with Crippen LogP contribution >= 0.6 is 34.3 Å². The lowest BCUT2D eigenvalue weighted by Crippen LogP contribution is -2.09. The van der Waals surface area contributed by atoms with Crippen molar-refractivity contribution in [2.24, 2.45) is 0 Å². The molecule has 114 valence electrons. The lowest BCUT2D eigenvalue weighted by atomic mass is 10.2. The molecule has 0 radical (unpaired) electrons. The number of aromatic nitrogens is 2. The second kappa shape index (κ2) is 6.42. The number of carbonyl (C=O) groups is 1. The number of anilines is 1. The second-order valence-electron chi connectivity index (χ2n) is 4.21. The van der Waals surface area contributed by atoms with Gasteiger partial charge in [-0.15, -0.1) is 11.3 Å². The molecular weight excluding hydrogens is 359 g/mol. The summed E-state index contributed by atoms with van der Waals surface area (Å²) in [6.45, 7) is 0. The van der Waals surface area contributed by atoms with Crippen molar-refractivity contribution in [2.75, 3.05) is 5.32 Å². The summed E-state index contributed by atoms with van der Waals surface area (Å²) in [5, 5.41) is 12.0. The Labute approximate surface area is 143 Å². The molecule has 0 fully saturated rings. The summed E-state index contributed by atoms with van der Waals surface area (Å²) >= 11 is 7.79. The zero-order valence-electron chi connectivity index (χ0n) is 11.2. The molecule has 9 heteroatoms. The van der Waals surface area contributed by atoms with Crippen LogP contribution in [0.1, 0.15) is 14.5 Å². The molecule has 2 aromatic heterocycles. The number of nitrogens with one attached hydrogen (secondary N) is 1. The number of carbonyl (C=O) groups excluding carboxylic acids is 1. The van der Waals surface area contributed by atoms with Crippen molar-refractivity contribution in [1.82, 2.24) is 9.97 Å². The maximum Gasteiger partial charge on any atom is 0.269 e. The summed E-state index contributed by atoms with van der Waals surface area (Å²) in [6, 6.07) is 8.08. The summed E-state index contributed by atoms with van der Waals surface area (Å²) < 4.78 is 13.7. The molecule has 1 aromatic carbocycles. The average molecular weight is 365 g/mol. The minimum absolute atomic E-state index is 0.0455. The molecule has 1 N–H and O–H groups in total. The van der Waals surface area contributed by atoms with E-state index in [0.717, 1.165) is 22.7 Å². The maximum absolute atomic E-state index is 13.7. The fourth-order valence-corrected chi connectivity index (χ4v) is 3.50. The number of nitrogens with zero attached hydrogens (tertiary/aromatic N) is 3. The van der Waals surface area contributed by atoms with E-state index in [-0.39, 0.29) is 15.2 Å². The number of benzene rings is 1. The summed E-state index contributed by atoms with van der Waals surface area (Å²) in [7, 11) is 0. The predicted molar refractivity (Wildman–Crippen MR) is 87.3 cm³/mol. The Hall–Kier alpha value is -2.34. The van der Waals surface area contributed by atoms with Crippen LogP contribution in [0.5, 0.6) is 0 Å². The van der Waals surface area contributed by atoms with Crippen molar-refractivity contribution < 1.29 is 9.18 Å². The molecule has 0 saturated carbocycles. The molecule has 0 saturated heterocycles. The highest BCUT2D eigenvalue weighted by Crippen LogP contribution is 2.29. The summed E-state index contributed by atoms with van der Waals surface area (Å²) in [6.07, 6.45) is 1.36. The highest BCUT2D eigenvalue weighted by atomic mass is 35.5. The van der Waals surface area contributed by atoms with E-state index in [1.807, 2.05) is 6.07 Å². The van der Waals surface area contributed by atoms with Gasteiger partial charge >= 0.3 is 0 Å². The van der Waals surface area contributed by atoms with Gasteiger partial charge in [-0.05, 0) is 12.1 Å². The van der Waals surface area contributed by atoms with Gasteiger partial charge < -0.3 is 0 Å². The number of hydrogen-bond donors (Lipinski definition) is 1. The van der Waals surface area contributed by atoms with E-state index in [9.17, 15) is 9.18 Å². The van der Waals surface area contributed by atoms with Crippen LogP contribution in [0.15, 0.2) is 30.5 Å². The van der Waals surface area contributed by atoms with E-state index >= 15 is 0 Å². The summed E-state index contributed by atoms with van der Waals surface area (Å²) in [5.74, 6) is -0.848. The third-order valence-corrected chi connectivity index (χ3v) is 5.03. The maximum atomic E-state index is 13.7. The average Bonchev–Trinajstić information content (AvgIpc) is 3.14. The normalized spacial score (nSPS) is 10.3. The van der Waals surface area contributed by atoms with Gasteiger partial charge in [-0.25, -0.2) is 14.4 Å². The number of thiazole rings is 2. The third-order valence-electron chi connectivity index (χ3n) is 2.74. The van der Waals surface area contributed by atoms with Gasteiger partial charge in [0.05, 0.1) is 6.20 Å². The lowest BCUT2D eigenvalue weighted by Gasteiger charge is -1.98. The van der Waals surface area contributed by atoms with Crippen LogP contribution < -0.4 is 5.32 Å². The number of amides is 1. The third kappa shape index (κ3) is 3.22. The van der Waals surface area contributed by atoms with Gasteiger partial charge in [0.25, 0.3) is 5.91 Å². The molecule has 3 rings (SSSR count). The van der Waals surface area contributed by atoms with E-state index < -0.39 is 11.7 Å². The van der Waals surface area contributed by atoms with Crippen molar-refractivity contribution in [3.8, 4) is 16.6 Å². The Morgan fingerprint density at radius 2 is 2.13 bits per heavy atom. The van der Waals surface area contributed by atoms with E-state index in [0.29, 0.717) is 15.4 Å². The highest BCUT2D eigenvalue weighted by molar-refractivity contribution is 7.18. The zero-order valence-corrected chi connectivity index (χ0v) is 13.6. The van der Waals surface area contributed by atoms with Crippen LogP contribution in [0.3, 0.4) is 0 Å². The molecule has 0 aliphatic heterocycles. The van der Waals surface area contributed by atoms with Crippen molar-refractivity contribution >= 4 is 45.3 Å². The number of halogens is 2. The molecule has 23 heavy (non-hydrogen) atoms. The van der Waals surface area contributed by atoms with Gasteiger partial charge in [-0.3, -0.25) is 10.1 Å². The van der Waals surface area contributed by atoms with Gasteiger partial charge in [-0.1, -0.05) is 35.1 Å². The standard InChI is InChI=1S/C14H6ClFN4OS2/c15-11-9(5-17)23-14(19-11)20-12(21)10-6-18-13(22-10)7-3-1-2-4-8(7)16/h1-4,6H,(H,19,20,21). The van der Waals surface area contributed by atoms with Crippen LogP contribution in [-0.4, -0.2) is 15.9 Å². The molecule has 0 unspecified atom stereocenters. The van der Waals surface area contributed by atoms with Crippen molar-refractivity contribution in [1.29, 1.82) is 5.26 Å². The number of nitriles is 1. The molecule has 0 aliphatic carbocycles. The second-order valence-corrected chi connectivity index (χ2v) is 6.60. The minimum atomic E-state index is -0.444. The van der Waals surface area contributed by atoms with E-state index in [1.165, 1.54) is 12.3 Å². The van der Waals surface area contributed by atoms with Crippen molar-refractivity contribution in [3.05, 3.63) is 51.2 Å². The van der Waals surface area contributed by atoms with Crippen LogP contribution in [-0.2, 0) is 0 Å². The fraction of sp³-hybridized carbons (Fsp3) is 0. The molecule has 5 nitrogen and oxygen atoms in total. The lowest BCUT2D eigenvalue weighted by molar-refractivity contribution is 0.103. The summed E-state index contributed by atoms with van der Waals surface area (Å²) in [5.41, 5.74) is 0.334. The Balaban J connectivity index is 1.81. The molecule has 0 atom stereocenters. The first-order valence-electron chi connectivity index (χ1n) is 6.17. The molecule has 2 heterocycles. The molecule has 0 aliphatic rings. The summed E-state index contributed by atoms with van der Waals surface area (Å²) in [4.78, 5) is 20.6. The van der Waals surface area contributed by atoms with Gasteiger partial charge in [0, 0.05) is 5.56 Å². The minimum Gasteiger partial charge on any atom is -0.297 e. The van der Waals surface area contributed by atoms with Crippen molar-refractivity contribution in [3.63, 3.8) is 0 Å². The van der Waals surface area contributed by atoms with E-state index in [4.69, 9.17) is 16.9 Å². The Bertz CT molecular complexity index is 931. The van der Waals surface area contributed by atoms with Crippen LogP contribution in [0.2, 0.25) is 5.15 Å². The number of hydrogen-bond acceptors (Lipinski definition) is 6. The topological polar surface area (TPSA) is 78.7 Å². The first kappa shape index (κ1) is 15.6. The molecule has 0 bridgehead atoms. The van der Waals surface area contributed by atoms with Crippen LogP contribution in [0.25, 0.3) is 10.6 Å². The van der Waals surface area contributed by atoms with E-state index in [2.05, 4.69) is 15.3 Å².